The number of carbonyl (C=O) groups excluding carboxylic acids is 1. The van der Waals surface area contributed by atoms with Crippen molar-refractivity contribution in [2.24, 2.45) is 0 Å². The summed E-state index contributed by atoms with van der Waals surface area (Å²) in [4.78, 5) is 22.6. The van der Waals surface area contributed by atoms with Gasteiger partial charge in [0.25, 0.3) is 0 Å². The molecular weight excluding hydrogens is 257 g/mol. The first kappa shape index (κ1) is 14.5. The number of halogens is 1. The monoisotopic (exact) mass is 271 g/mol. The van der Waals surface area contributed by atoms with Crippen LogP contribution in [0.5, 0.6) is 0 Å². The molecule has 98 valence electrons. The van der Waals surface area contributed by atoms with E-state index in [1.54, 1.807) is 25.1 Å². The van der Waals surface area contributed by atoms with Crippen LogP contribution in [0.3, 0.4) is 0 Å². The third kappa shape index (κ3) is 4.37. The van der Waals surface area contributed by atoms with Gasteiger partial charge in [0.2, 0.25) is 5.91 Å². The molecule has 2 N–H and O–H groups in total. The maximum absolute atomic E-state index is 13.3. The third-order valence-electron chi connectivity index (χ3n) is 2.24. The highest BCUT2D eigenvalue weighted by Crippen LogP contribution is 2.20. The Kier molecular flexibility index (Phi) is 5.64. The highest BCUT2D eigenvalue weighted by atomic mass is 32.2. The lowest BCUT2D eigenvalue weighted by atomic mass is 10.2. The van der Waals surface area contributed by atoms with Gasteiger partial charge in [-0.05, 0) is 18.6 Å². The Hall–Kier alpha value is -1.56. The van der Waals surface area contributed by atoms with Gasteiger partial charge in [-0.1, -0.05) is 19.1 Å². The van der Waals surface area contributed by atoms with Crippen LogP contribution in [0.2, 0.25) is 0 Å². The van der Waals surface area contributed by atoms with Crippen LogP contribution >= 0.6 is 11.8 Å². The fraction of sp³-hybridized carbons (Fsp3) is 0.333. The standard InChI is InChI=1S/C12H14FNO3S/c1-2-9(12(16)17)14-11(15)7-18-10-6-4-3-5-8(10)13/h3-6,9H,2,7H2,1H3,(H,14,15)(H,16,17). The Morgan fingerprint density at radius 2 is 2.11 bits per heavy atom. The van der Waals surface area contributed by atoms with Gasteiger partial charge in [-0.2, -0.15) is 0 Å². The van der Waals surface area contributed by atoms with Crippen molar-refractivity contribution in [3.63, 3.8) is 0 Å². The molecule has 1 aromatic carbocycles. The second kappa shape index (κ2) is 7.00. The topological polar surface area (TPSA) is 66.4 Å². The van der Waals surface area contributed by atoms with Gasteiger partial charge >= 0.3 is 5.97 Å². The molecule has 0 spiro atoms. The second-order valence-corrected chi connectivity index (χ2v) is 4.60. The van der Waals surface area contributed by atoms with Gasteiger partial charge in [-0.25, -0.2) is 9.18 Å². The second-order valence-electron chi connectivity index (χ2n) is 3.59. The maximum Gasteiger partial charge on any atom is 0.326 e. The van der Waals surface area contributed by atoms with Gasteiger partial charge in [-0.15, -0.1) is 11.8 Å². The summed E-state index contributed by atoms with van der Waals surface area (Å²) in [5.74, 6) is -1.88. The lowest BCUT2D eigenvalue weighted by Crippen LogP contribution is -2.41. The Balaban J connectivity index is 2.47. The van der Waals surface area contributed by atoms with E-state index in [-0.39, 0.29) is 11.6 Å². The van der Waals surface area contributed by atoms with E-state index in [0.29, 0.717) is 11.3 Å². The molecule has 0 aliphatic carbocycles. The molecule has 0 aliphatic rings. The minimum Gasteiger partial charge on any atom is -0.480 e. The summed E-state index contributed by atoms with van der Waals surface area (Å²) >= 11 is 1.04. The molecule has 6 heteroatoms. The first-order chi connectivity index (χ1) is 8.54. The summed E-state index contributed by atoms with van der Waals surface area (Å²) in [6, 6.07) is 5.24. The number of carboxylic acid groups (broad SMARTS) is 1. The van der Waals surface area contributed by atoms with Crippen molar-refractivity contribution in [2.45, 2.75) is 24.3 Å². The molecule has 18 heavy (non-hydrogen) atoms. The van der Waals surface area contributed by atoms with Crippen LogP contribution < -0.4 is 5.32 Å². The van der Waals surface area contributed by atoms with E-state index in [1.165, 1.54) is 6.07 Å². The fourth-order valence-electron chi connectivity index (χ4n) is 1.28. The summed E-state index contributed by atoms with van der Waals surface area (Å²) in [5, 5.41) is 11.1. The zero-order valence-corrected chi connectivity index (χ0v) is 10.7. The van der Waals surface area contributed by atoms with Gasteiger partial charge in [0.15, 0.2) is 0 Å². The number of carbonyl (C=O) groups is 2. The Bertz CT molecular complexity index is 439. The average Bonchev–Trinajstić information content (AvgIpc) is 2.34. The van der Waals surface area contributed by atoms with E-state index in [1.807, 2.05) is 0 Å². The minimum absolute atomic E-state index is 0.00921. The molecule has 0 radical (unpaired) electrons. The predicted octanol–water partition coefficient (Wildman–Crippen LogP) is 1.90. The third-order valence-corrected chi connectivity index (χ3v) is 3.29. The molecule has 0 aromatic heterocycles. The number of nitrogens with one attached hydrogen (secondary N) is 1. The number of rotatable bonds is 6. The Labute approximate surface area is 109 Å². The van der Waals surface area contributed by atoms with E-state index in [0.717, 1.165) is 11.8 Å². The summed E-state index contributed by atoms with van der Waals surface area (Å²) in [6.07, 6.45) is 0.311. The molecule has 1 unspecified atom stereocenters. The maximum atomic E-state index is 13.3. The summed E-state index contributed by atoms with van der Waals surface area (Å²) < 4.78 is 13.3. The molecule has 1 atom stereocenters. The molecule has 0 saturated carbocycles. The fourth-order valence-corrected chi connectivity index (χ4v) is 2.03. The van der Waals surface area contributed by atoms with Crippen molar-refractivity contribution in [2.75, 3.05) is 5.75 Å². The van der Waals surface area contributed by atoms with Crippen LogP contribution in [0.4, 0.5) is 4.39 Å². The van der Waals surface area contributed by atoms with Crippen molar-refractivity contribution in [3.05, 3.63) is 30.1 Å². The first-order valence-electron chi connectivity index (χ1n) is 5.44. The number of thioether (sulfide) groups is 1. The number of aliphatic carboxylic acids is 1. The number of carboxylic acids is 1. The van der Waals surface area contributed by atoms with Crippen molar-refractivity contribution in [1.29, 1.82) is 0 Å². The molecule has 0 fully saturated rings. The van der Waals surface area contributed by atoms with E-state index in [9.17, 15) is 14.0 Å². The van der Waals surface area contributed by atoms with E-state index in [2.05, 4.69) is 5.32 Å². The number of benzene rings is 1. The van der Waals surface area contributed by atoms with Crippen LogP contribution in [0, 0.1) is 5.82 Å². The van der Waals surface area contributed by atoms with Crippen molar-refractivity contribution in [1.82, 2.24) is 5.32 Å². The Morgan fingerprint density at radius 1 is 1.44 bits per heavy atom. The minimum atomic E-state index is -1.07. The molecular formula is C12H14FNO3S. The molecule has 0 bridgehead atoms. The van der Waals surface area contributed by atoms with Gasteiger partial charge in [-0.3, -0.25) is 4.79 Å². The predicted molar refractivity (Wildman–Crippen MR) is 67.0 cm³/mol. The molecule has 0 heterocycles. The lowest BCUT2D eigenvalue weighted by Gasteiger charge is -2.11. The molecule has 1 amide bonds. The highest BCUT2D eigenvalue weighted by Gasteiger charge is 2.17. The van der Waals surface area contributed by atoms with Crippen LogP contribution in [0.1, 0.15) is 13.3 Å². The van der Waals surface area contributed by atoms with Gasteiger partial charge in [0, 0.05) is 4.90 Å². The van der Waals surface area contributed by atoms with Crippen molar-refractivity contribution < 1.29 is 19.1 Å². The van der Waals surface area contributed by atoms with Gasteiger partial charge in [0.05, 0.1) is 5.75 Å². The summed E-state index contributed by atoms with van der Waals surface area (Å²) in [5.41, 5.74) is 0. The van der Waals surface area contributed by atoms with E-state index in [4.69, 9.17) is 5.11 Å². The molecule has 4 nitrogen and oxygen atoms in total. The normalized spacial score (nSPS) is 11.9. The first-order valence-corrected chi connectivity index (χ1v) is 6.42. The SMILES string of the molecule is CCC(NC(=O)CSc1ccccc1F)C(=O)O. The summed E-state index contributed by atoms with van der Waals surface area (Å²) in [6.45, 7) is 1.67. The number of hydrogen-bond donors (Lipinski definition) is 2. The largest absolute Gasteiger partial charge is 0.480 e. The zero-order valence-electron chi connectivity index (χ0n) is 9.85. The Morgan fingerprint density at radius 3 is 2.67 bits per heavy atom. The zero-order chi connectivity index (χ0) is 13.5. The smallest absolute Gasteiger partial charge is 0.326 e. The number of hydrogen-bond acceptors (Lipinski definition) is 3. The van der Waals surface area contributed by atoms with E-state index >= 15 is 0 Å². The molecule has 0 aliphatic heterocycles. The van der Waals surface area contributed by atoms with Gasteiger partial charge < -0.3 is 10.4 Å². The molecule has 1 rings (SSSR count). The van der Waals surface area contributed by atoms with Crippen LogP contribution in [-0.2, 0) is 9.59 Å². The van der Waals surface area contributed by atoms with Gasteiger partial charge in [0.1, 0.15) is 11.9 Å². The lowest BCUT2D eigenvalue weighted by molar-refractivity contribution is -0.141. The quantitative estimate of drug-likeness (QED) is 0.775. The number of amides is 1. The van der Waals surface area contributed by atoms with Crippen molar-refractivity contribution >= 4 is 23.6 Å². The highest BCUT2D eigenvalue weighted by molar-refractivity contribution is 8.00. The van der Waals surface area contributed by atoms with E-state index < -0.39 is 17.9 Å². The van der Waals surface area contributed by atoms with Crippen LogP contribution in [0.15, 0.2) is 29.2 Å². The molecule has 0 saturated heterocycles. The van der Waals surface area contributed by atoms with Crippen molar-refractivity contribution in [3.8, 4) is 0 Å². The summed E-state index contributed by atoms with van der Waals surface area (Å²) in [7, 11) is 0. The van der Waals surface area contributed by atoms with Crippen LogP contribution in [0.25, 0.3) is 0 Å². The average molecular weight is 271 g/mol. The molecule has 1 aromatic rings. The van der Waals surface area contributed by atoms with Crippen LogP contribution in [-0.4, -0.2) is 28.8 Å².